The molecule has 0 radical (unpaired) electrons. The van der Waals surface area contributed by atoms with Crippen LogP contribution in [0.25, 0.3) is 10.2 Å². The lowest BCUT2D eigenvalue weighted by molar-refractivity contribution is -0.116. The van der Waals surface area contributed by atoms with Gasteiger partial charge < -0.3 is 4.90 Å². The number of halogens is 2. The second-order valence-corrected chi connectivity index (χ2v) is 9.78. The Hall–Kier alpha value is -1.31. The van der Waals surface area contributed by atoms with Crippen molar-refractivity contribution in [3.63, 3.8) is 0 Å². The average molecular weight is 485 g/mol. The molecule has 0 N–H and O–H groups in total. The summed E-state index contributed by atoms with van der Waals surface area (Å²) in [6.07, 6.45) is 0.892. The number of rotatable bonds is 8. The smallest absolute Gasteiger partial charge is 0.239 e. The Morgan fingerprint density at radius 1 is 1.10 bits per heavy atom. The molecule has 0 aliphatic rings. The molecule has 1 heterocycles. The summed E-state index contributed by atoms with van der Waals surface area (Å²) in [5, 5.41) is 1.45. The molecule has 162 valence electrons. The van der Waals surface area contributed by atoms with E-state index in [1.807, 2.05) is 38.1 Å². The molecule has 0 aliphatic carbocycles. The number of fused-ring (bicyclic) bond motifs is 1. The Kier molecular flexibility index (Phi) is 9.44. The third-order valence-electron chi connectivity index (χ3n) is 4.64. The lowest BCUT2D eigenvalue weighted by Gasteiger charge is -2.21. The minimum atomic E-state index is 0. The van der Waals surface area contributed by atoms with Gasteiger partial charge in [-0.2, -0.15) is 0 Å². The fourth-order valence-corrected chi connectivity index (χ4v) is 4.93. The lowest BCUT2D eigenvalue weighted by Crippen LogP contribution is -2.34. The van der Waals surface area contributed by atoms with Crippen LogP contribution in [0.4, 0.5) is 5.13 Å². The summed E-state index contributed by atoms with van der Waals surface area (Å²) in [7, 11) is 4.09. The number of thiazole rings is 1. The van der Waals surface area contributed by atoms with Gasteiger partial charge in [0.05, 0.1) is 16.0 Å². The van der Waals surface area contributed by atoms with E-state index >= 15 is 0 Å². The average Bonchev–Trinajstić information content (AvgIpc) is 3.12. The zero-order valence-corrected chi connectivity index (χ0v) is 20.9. The van der Waals surface area contributed by atoms with Crippen LogP contribution in [0, 0.1) is 13.8 Å². The quantitative estimate of drug-likeness (QED) is 0.364. The zero-order chi connectivity index (χ0) is 21.0. The molecule has 0 fully saturated rings. The van der Waals surface area contributed by atoms with E-state index in [0.717, 1.165) is 38.8 Å². The predicted octanol–water partition coefficient (Wildman–Crippen LogP) is 6.07. The Morgan fingerprint density at radius 2 is 1.80 bits per heavy atom. The third-order valence-corrected chi connectivity index (χ3v) is 7.09. The molecule has 0 bridgehead atoms. The van der Waals surface area contributed by atoms with E-state index < -0.39 is 0 Å². The number of thioether (sulfide) groups is 1. The number of hydrogen-bond acceptors (Lipinski definition) is 5. The molecule has 4 nitrogen and oxygen atoms in total. The lowest BCUT2D eigenvalue weighted by atomic mass is 10.2. The maximum absolute atomic E-state index is 13.1. The van der Waals surface area contributed by atoms with E-state index in [1.54, 1.807) is 23.1 Å². The van der Waals surface area contributed by atoms with E-state index in [9.17, 15) is 4.79 Å². The fourth-order valence-electron chi connectivity index (χ4n) is 2.93. The monoisotopic (exact) mass is 483 g/mol. The van der Waals surface area contributed by atoms with Crippen LogP contribution in [0.5, 0.6) is 0 Å². The first kappa shape index (κ1) is 25.0. The molecule has 0 saturated carbocycles. The van der Waals surface area contributed by atoms with Gasteiger partial charge in [0.15, 0.2) is 5.13 Å². The molecule has 0 spiro atoms. The second-order valence-electron chi connectivity index (χ2n) is 7.32. The van der Waals surface area contributed by atoms with Crippen LogP contribution >= 0.6 is 47.1 Å². The van der Waals surface area contributed by atoms with Crippen LogP contribution in [0.2, 0.25) is 5.02 Å². The van der Waals surface area contributed by atoms with Gasteiger partial charge in [0, 0.05) is 16.5 Å². The van der Waals surface area contributed by atoms with Crippen LogP contribution < -0.4 is 4.90 Å². The maximum atomic E-state index is 13.1. The largest absolute Gasteiger partial charge is 0.309 e. The number of anilines is 1. The Morgan fingerprint density at radius 3 is 2.47 bits per heavy atom. The fraction of sp³-hybridized carbons (Fsp3) is 0.364. The highest BCUT2D eigenvalue weighted by Gasteiger charge is 2.20. The van der Waals surface area contributed by atoms with Gasteiger partial charge in [0.2, 0.25) is 5.91 Å². The predicted molar refractivity (Wildman–Crippen MR) is 134 cm³/mol. The van der Waals surface area contributed by atoms with E-state index in [4.69, 9.17) is 16.6 Å². The van der Waals surface area contributed by atoms with Crippen molar-refractivity contribution in [2.24, 2.45) is 0 Å². The first-order valence-corrected chi connectivity index (χ1v) is 11.7. The van der Waals surface area contributed by atoms with Crippen molar-refractivity contribution in [2.45, 2.75) is 25.2 Å². The molecule has 0 unspecified atom stereocenters. The van der Waals surface area contributed by atoms with Gasteiger partial charge in [-0.3, -0.25) is 9.69 Å². The number of carbonyl (C=O) groups is 1. The van der Waals surface area contributed by atoms with Crippen LogP contribution in [-0.4, -0.2) is 48.7 Å². The number of aromatic nitrogens is 1. The molecule has 8 heteroatoms. The maximum Gasteiger partial charge on any atom is 0.239 e. The Labute approximate surface area is 198 Å². The molecule has 2 aromatic carbocycles. The summed E-state index contributed by atoms with van der Waals surface area (Å²) in [5.74, 6) is 0.470. The third kappa shape index (κ3) is 6.34. The summed E-state index contributed by atoms with van der Waals surface area (Å²) in [4.78, 5) is 23.0. The van der Waals surface area contributed by atoms with Crippen molar-refractivity contribution >= 4 is 68.4 Å². The highest BCUT2D eigenvalue weighted by atomic mass is 35.5. The number of benzene rings is 2. The summed E-state index contributed by atoms with van der Waals surface area (Å²) < 4.78 is 1.05. The minimum Gasteiger partial charge on any atom is -0.309 e. The molecule has 3 aromatic rings. The number of hydrogen-bond donors (Lipinski definition) is 0. The number of nitrogens with zero attached hydrogens (tertiary/aromatic N) is 3. The molecule has 3 rings (SSSR count). The van der Waals surface area contributed by atoms with Crippen molar-refractivity contribution in [1.29, 1.82) is 0 Å². The van der Waals surface area contributed by atoms with Crippen LogP contribution in [-0.2, 0) is 4.79 Å². The first-order chi connectivity index (χ1) is 13.8. The number of aryl methyl sites for hydroxylation is 2. The standard InChI is InChI=1S/C22H26ClN3OS2.ClH/c1-15-6-8-17(9-7-15)28-14-20(27)26(13-5-12-25(3)4)22-24-21-16(2)18(23)10-11-19(21)29-22;/h6-11H,5,12-14H2,1-4H3;1H. The SMILES string of the molecule is Cc1ccc(SCC(=O)N(CCCN(C)C)c2nc3c(C)c(Cl)ccc3s2)cc1.Cl. The van der Waals surface area contributed by atoms with Crippen molar-refractivity contribution in [1.82, 2.24) is 9.88 Å². The van der Waals surface area contributed by atoms with E-state index in [0.29, 0.717) is 17.3 Å². The van der Waals surface area contributed by atoms with Gasteiger partial charge in [-0.25, -0.2) is 4.98 Å². The molecule has 0 saturated heterocycles. The number of carbonyl (C=O) groups excluding carboxylic acids is 1. The van der Waals surface area contributed by atoms with E-state index in [1.165, 1.54) is 5.56 Å². The molecule has 1 aromatic heterocycles. The van der Waals surface area contributed by atoms with Crippen LogP contribution in [0.1, 0.15) is 17.5 Å². The molecular formula is C22H27Cl2N3OS2. The molecule has 0 atom stereocenters. The zero-order valence-electron chi connectivity index (χ0n) is 17.6. The molecule has 30 heavy (non-hydrogen) atoms. The normalized spacial score (nSPS) is 11.0. The highest BCUT2D eigenvalue weighted by molar-refractivity contribution is 8.00. The van der Waals surface area contributed by atoms with Crippen molar-refractivity contribution < 1.29 is 4.79 Å². The minimum absolute atomic E-state index is 0. The molecular weight excluding hydrogens is 457 g/mol. The summed E-state index contributed by atoms with van der Waals surface area (Å²) in [6, 6.07) is 12.1. The van der Waals surface area contributed by atoms with Gasteiger partial charge in [-0.1, -0.05) is 40.6 Å². The summed E-state index contributed by atoms with van der Waals surface area (Å²) >= 11 is 9.38. The van der Waals surface area contributed by atoms with Gasteiger partial charge in [0.25, 0.3) is 0 Å². The Balaban J connectivity index is 0.00000320. The highest BCUT2D eigenvalue weighted by Crippen LogP contribution is 2.34. The Bertz CT molecular complexity index is 990. The van der Waals surface area contributed by atoms with Gasteiger partial charge in [0.1, 0.15) is 0 Å². The van der Waals surface area contributed by atoms with E-state index in [2.05, 4.69) is 36.1 Å². The summed E-state index contributed by atoms with van der Waals surface area (Å²) in [5.41, 5.74) is 3.06. The van der Waals surface area contributed by atoms with Gasteiger partial charge in [-0.05, 0) is 70.7 Å². The second kappa shape index (κ2) is 11.3. The van der Waals surface area contributed by atoms with Crippen molar-refractivity contribution in [3.05, 3.63) is 52.5 Å². The van der Waals surface area contributed by atoms with Gasteiger partial charge in [-0.15, -0.1) is 24.2 Å². The van der Waals surface area contributed by atoms with Crippen LogP contribution in [0.15, 0.2) is 41.3 Å². The van der Waals surface area contributed by atoms with E-state index in [-0.39, 0.29) is 18.3 Å². The number of amides is 1. The van der Waals surface area contributed by atoms with Crippen molar-refractivity contribution in [2.75, 3.05) is 37.8 Å². The molecule has 1 amide bonds. The van der Waals surface area contributed by atoms with Crippen molar-refractivity contribution in [3.8, 4) is 0 Å². The molecule has 0 aliphatic heterocycles. The first-order valence-electron chi connectivity index (χ1n) is 9.55. The van der Waals surface area contributed by atoms with Gasteiger partial charge >= 0.3 is 0 Å². The topological polar surface area (TPSA) is 36.4 Å². The van der Waals surface area contributed by atoms with Crippen LogP contribution in [0.3, 0.4) is 0 Å². The summed E-state index contributed by atoms with van der Waals surface area (Å²) in [6.45, 7) is 5.61.